The molecule has 0 bridgehead atoms. The molecule has 3 aliphatic rings. The SMILES string of the molecule is CCC(C(=O)O)N(C)C(=O)C1(CNC(=O)OCC2c3ccccc3-c3ccccc32)CC12CCC2. The summed E-state index contributed by atoms with van der Waals surface area (Å²) in [4.78, 5) is 39.2. The topological polar surface area (TPSA) is 95.9 Å². The van der Waals surface area contributed by atoms with E-state index in [0.717, 1.165) is 30.4 Å². The molecule has 2 atom stereocenters. The van der Waals surface area contributed by atoms with Gasteiger partial charge in [-0.25, -0.2) is 9.59 Å². The molecule has 2 aromatic rings. The molecule has 2 fully saturated rings. The molecule has 0 aliphatic heterocycles. The van der Waals surface area contributed by atoms with Crippen molar-refractivity contribution in [2.24, 2.45) is 10.8 Å². The Labute approximate surface area is 205 Å². The third-order valence-electron chi connectivity index (χ3n) is 8.59. The van der Waals surface area contributed by atoms with E-state index in [1.807, 2.05) is 24.3 Å². The number of benzene rings is 2. The summed E-state index contributed by atoms with van der Waals surface area (Å²) in [6.07, 6.45) is 3.39. The molecule has 7 heteroatoms. The third kappa shape index (κ3) is 3.68. The molecule has 35 heavy (non-hydrogen) atoms. The second-order valence-electron chi connectivity index (χ2n) is 10.3. The van der Waals surface area contributed by atoms with E-state index in [-0.39, 0.29) is 30.4 Å². The highest BCUT2D eigenvalue weighted by Gasteiger charge is 2.74. The van der Waals surface area contributed by atoms with E-state index in [1.165, 1.54) is 16.0 Å². The quantitative estimate of drug-likeness (QED) is 0.589. The average Bonchev–Trinajstić information content (AvgIpc) is 3.45. The van der Waals surface area contributed by atoms with Crippen LogP contribution in [0, 0.1) is 10.8 Å². The Hall–Kier alpha value is -3.35. The van der Waals surface area contributed by atoms with Crippen molar-refractivity contribution in [3.8, 4) is 11.1 Å². The number of fused-ring (bicyclic) bond motifs is 3. The number of nitrogens with one attached hydrogen (secondary N) is 1. The summed E-state index contributed by atoms with van der Waals surface area (Å²) in [5.74, 6) is -1.23. The first-order valence-corrected chi connectivity index (χ1v) is 12.4. The Morgan fingerprint density at radius 1 is 1.09 bits per heavy atom. The Bertz CT molecular complexity index is 1130. The van der Waals surface area contributed by atoms with Crippen molar-refractivity contribution < 1.29 is 24.2 Å². The van der Waals surface area contributed by atoms with E-state index in [9.17, 15) is 19.5 Å². The number of rotatable bonds is 8. The van der Waals surface area contributed by atoms with Crippen molar-refractivity contribution in [2.45, 2.75) is 51.0 Å². The van der Waals surface area contributed by atoms with Crippen molar-refractivity contribution in [3.05, 3.63) is 59.7 Å². The van der Waals surface area contributed by atoms with Crippen LogP contribution in [0.5, 0.6) is 0 Å². The molecule has 2 aromatic carbocycles. The number of hydrogen-bond donors (Lipinski definition) is 2. The lowest BCUT2D eigenvalue weighted by molar-refractivity contribution is -0.152. The number of alkyl carbamates (subject to hydrolysis) is 1. The zero-order valence-electron chi connectivity index (χ0n) is 20.3. The molecule has 1 spiro atoms. The third-order valence-corrected chi connectivity index (χ3v) is 8.59. The first-order chi connectivity index (χ1) is 16.8. The monoisotopic (exact) mass is 476 g/mol. The predicted molar refractivity (Wildman–Crippen MR) is 131 cm³/mol. The minimum Gasteiger partial charge on any atom is -0.480 e. The van der Waals surface area contributed by atoms with Crippen molar-refractivity contribution >= 4 is 18.0 Å². The maximum absolute atomic E-state index is 13.5. The molecule has 2 N–H and O–H groups in total. The van der Waals surface area contributed by atoms with E-state index in [0.29, 0.717) is 12.8 Å². The number of nitrogens with zero attached hydrogens (tertiary/aromatic N) is 1. The maximum Gasteiger partial charge on any atom is 0.407 e. The highest BCUT2D eigenvalue weighted by atomic mass is 16.5. The van der Waals surface area contributed by atoms with E-state index >= 15 is 0 Å². The van der Waals surface area contributed by atoms with Gasteiger partial charge in [-0.3, -0.25) is 4.79 Å². The zero-order valence-corrected chi connectivity index (χ0v) is 20.3. The molecule has 3 aliphatic carbocycles. The molecule has 184 valence electrons. The summed E-state index contributed by atoms with van der Waals surface area (Å²) in [6.45, 7) is 2.14. The van der Waals surface area contributed by atoms with Crippen LogP contribution in [0.3, 0.4) is 0 Å². The molecule has 5 rings (SSSR count). The Kier molecular flexibility index (Phi) is 5.82. The molecule has 0 aromatic heterocycles. The van der Waals surface area contributed by atoms with E-state index in [4.69, 9.17) is 4.74 Å². The zero-order chi connectivity index (χ0) is 24.8. The van der Waals surface area contributed by atoms with Crippen LogP contribution >= 0.6 is 0 Å². The number of likely N-dealkylation sites (N-methyl/N-ethyl adjacent to an activating group) is 1. The highest BCUT2D eigenvalue weighted by molar-refractivity contribution is 5.91. The van der Waals surface area contributed by atoms with Gasteiger partial charge in [0.25, 0.3) is 0 Å². The molecule has 0 saturated heterocycles. The number of amides is 2. The fourth-order valence-corrected chi connectivity index (χ4v) is 6.39. The summed E-state index contributed by atoms with van der Waals surface area (Å²) < 4.78 is 5.66. The summed E-state index contributed by atoms with van der Waals surface area (Å²) in [7, 11) is 1.56. The first kappa shape index (κ1) is 23.4. The molecular weight excluding hydrogens is 444 g/mol. The summed E-state index contributed by atoms with van der Waals surface area (Å²) >= 11 is 0. The molecule has 7 nitrogen and oxygen atoms in total. The van der Waals surface area contributed by atoms with Crippen molar-refractivity contribution in [1.82, 2.24) is 10.2 Å². The van der Waals surface area contributed by atoms with Crippen LogP contribution in [-0.4, -0.2) is 54.2 Å². The van der Waals surface area contributed by atoms with Crippen LogP contribution in [0.1, 0.15) is 56.1 Å². The van der Waals surface area contributed by atoms with Gasteiger partial charge < -0.3 is 20.1 Å². The van der Waals surface area contributed by atoms with Crippen LogP contribution in [0.4, 0.5) is 4.79 Å². The van der Waals surface area contributed by atoms with Gasteiger partial charge in [0, 0.05) is 19.5 Å². The second kappa shape index (κ2) is 8.70. The molecular formula is C28H32N2O5. The maximum atomic E-state index is 13.5. The number of carboxylic acids is 1. The van der Waals surface area contributed by atoms with E-state index in [1.54, 1.807) is 14.0 Å². The van der Waals surface area contributed by atoms with Gasteiger partial charge in [-0.15, -0.1) is 0 Å². The standard InChI is InChI=1S/C28H32N2O5/c1-3-23(24(31)32)30(2)25(33)28(16-27(28)13-8-14-27)17-29-26(34)35-15-22-20-11-6-4-9-18(20)19-10-5-7-12-21(19)22/h4-7,9-12,22-23H,3,8,13-17H2,1-2H3,(H,29,34)(H,31,32). The van der Waals surface area contributed by atoms with Gasteiger partial charge >= 0.3 is 12.1 Å². The number of carbonyl (C=O) groups is 3. The minimum atomic E-state index is -1.01. The van der Waals surface area contributed by atoms with Crippen molar-refractivity contribution in [1.29, 1.82) is 0 Å². The van der Waals surface area contributed by atoms with Crippen LogP contribution < -0.4 is 5.32 Å². The Morgan fingerprint density at radius 2 is 1.69 bits per heavy atom. The number of carbonyl (C=O) groups excluding carboxylic acids is 2. The number of aliphatic carboxylic acids is 1. The molecule has 2 unspecified atom stereocenters. The largest absolute Gasteiger partial charge is 0.480 e. The molecule has 0 heterocycles. The highest BCUT2D eigenvalue weighted by Crippen LogP contribution is 2.74. The minimum absolute atomic E-state index is 0.0327. The normalized spacial score (nSPS) is 21.9. The molecule has 2 amide bonds. The number of ether oxygens (including phenoxy) is 1. The van der Waals surface area contributed by atoms with Crippen LogP contribution in [0.15, 0.2) is 48.5 Å². The lowest BCUT2D eigenvalue weighted by atomic mass is 9.74. The summed E-state index contributed by atoms with van der Waals surface area (Å²) in [5.41, 5.74) is 3.76. The Balaban J connectivity index is 1.25. The predicted octanol–water partition coefficient (Wildman–Crippen LogP) is 4.41. The van der Waals surface area contributed by atoms with Crippen LogP contribution in [0.2, 0.25) is 0 Å². The molecule has 0 radical (unpaired) electrons. The fourth-order valence-electron chi connectivity index (χ4n) is 6.39. The van der Waals surface area contributed by atoms with Crippen molar-refractivity contribution in [3.63, 3.8) is 0 Å². The fraction of sp³-hybridized carbons (Fsp3) is 0.464. The van der Waals surface area contributed by atoms with Crippen LogP contribution in [-0.2, 0) is 14.3 Å². The first-order valence-electron chi connectivity index (χ1n) is 12.4. The van der Waals surface area contributed by atoms with Gasteiger partial charge in [-0.2, -0.15) is 0 Å². The number of carboxylic acid groups (broad SMARTS) is 1. The lowest BCUT2D eigenvalue weighted by Crippen LogP contribution is -2.50. The van der Waals surface area contributed by atoms with Crippen LogP contribution in [0.25, 0.3) is 11.1 Å². The van der Waals surface area contributed by atoms with Gasteiger partial charge in [-0.1, -0.05) is 61.9 Å². The summed E-state index contributed by atoms with van der Waals surface area (Å²) in [6, 6.07) is 15.5. The second-order valence-corrected chi connectivity index (χ2v) is 10.3. The average molecular weight is 477 g/mol. The van der Waals surface area contributed by atoms with E-state index in [2.05, 4.69) is 29.6 Å². The smallest absolute Gasteiger partial charge is 0.407 e. The van der Waals surface area contributed by atoms with Gasteiger partial charge in [0.15, 0.2) is 0 Å². The van der Waals surface area contributed by atoms with Gasteiger partial charge in [0.05, 0.1) is 5.41 Å². The lowest BCUT2D eigenvalue weighted by Gasteiger charge is -2.36. The van der Waals surface area contributed by atoms with Gasteiger partial charge in [-0.05, 0) is 53.4 Å². The molecule has 2 saturated carbocycles. The van der Waals surface area contributed by atoms with E-state index < -0.39 is 23.5 Å². The van der Waals surface area contributed by atoms with Gasteiger partial charge in [0.2, 0.25) is 5.91 Å². The summed E-state index contributed by atoms with van der Waals surface area (Å²) in [5, 5.41) is 12.4. The van der Waals surface area contributed by atoms with Crippen molar-refractivity contribution in [2.75, 3.05) is 20.2 Å². The van der Waals surface area contributed by atoms with Gasteiger partial charge in [0.1, 0.15) is 12.6 Å². The number of hydrogen-bond acceptors (Lipinski definition) is 4. The Morgan fingerprint density at radius 3 is 2.17 bits per heavy atom.